The van der Waals surface area contributed by atoms with Gasteiger partial charge in [-0.15, -0.1) is 0 Å². The summed E-state index contributed by atoms with van der Waals surface area (Å²) in [4.78, 5) is 2.09. The summed E-state index contributed by atoms with van der Waals surface area (Å²) in [5.74, 6) is 0.621. The van der Waals surface area contributed by atoms with Crippen LogP contribution in [0.3, 0.4) is 0 Å². The number of rotatable bonds is 3. The van der Waals surface area contributed by atoms with Crippen molar-refractivity contribution in [2.45, 2.75) is 31.8 Å². The average molecular weight is 295 g/mol. The standard InChI is InChI=1S/C15H19BrO/c1-17-14-9-5-8-13(10-14)15(11-16)12-6-3-2-4-7-12/h2-4,6-7,11,13-14H,5,8-10H2,1H3/b15-11-/t13-,14+/m0/s1. The van der Waals surface area contributed by atoms with Crippen molar-refractivity contribution in [2.24, 2.45) is 5.92 Å². The predicted molar refractivity (Wildman–Crippen MR) is 76.1 cm³/mol. The smallest absolute Gasteiger partial charge is 0.0577 e. The molecule has 2 atom stereocenters. The van der Waals surface area contributed by atoms with E-state index in [1.807, 2.05) is 7.11 Å². The Morgan fingerprint density at radius 3 is 2.71 bits per heavy atom. The van der Waals surface area contributed by atoms with Crippen LogP contribution in [0.25, 0.3) is 5.57 Å². The minimum atomic E-state index is 0.430. The zero-order valence-electron chi connectivity index (χ0n) is 10.2. The number of halogens is 1. The first-order chi connectivity index (χ1) is 8.35. The van der Waals surface area contributed by atoms with Gasteiger partial charge in [0, 0.05) is 7.11 Å². The average Bonchev–Trinajstić information content (AvgIpc) is 2.41. The zero-order chi connectivity index (χ0) is 12.1. The summed E-state index contributed by atoms with van der Waals surface area (Å²) in [5, 5.41) is 0. The summed E-state index contributed by atoms with van der Waals surface area (Å²) in [6.07, 6.45) is 5.31. The minimum Gasteiger partial charge on any atom is -0.381 e. The maximum Gasteiger partial charge on any atom is 0.0577 e. The SMILES string of the molecule is CO[C@@H]1CCC[C@H](/C(=C\Br)c2ccccc2)C1. The predicted octanol–water partition coefficient (Wildman–Crippen LogP) is 4.63. The molecule has 0 heterocycles. The number of hydrogen-bond donors (Lipinski definition) is 0. The Balaban J connectivity index is 2.14. The molecule has 2 rings (SSSR count). The van der Waals surface area contributed by atoms with Gasteiger partial charge in [-0.25, -0.2) is 0 Å². The zero-order valence-corrected chi connectivity index (χ0v) is 11.8. The fraction of sp³-hybridized carbons (Fsp3) is 0.467. The normalized spacial score (nSPS) is 25.9. The van der Waals surface area contributed by atoms with E-state index in [4.69, 9.17) is 4.74 Å². The van der Waals surface area contributed by atoms with Crippen molar-refractivity contribution in [1.29, 1.82) is 0 Å². The molecule has 1 aliphatic rings. The van der Waals surface area contributed by atoms with Crippen LogP contribution < -0.4 is 0 Å². The van der Waals surface area contributed by atoms with Crippen LogP contribution in [0.4, 0.5) is 0 Å². The van der Waals surface area contributed by atoms with Gasteiger partial charge in [-0.05, 0) is 41.3 Å². The molecule has 0 N–H and O–H groups in total. The Labute approximate surface area is 112 Å². The van der Waals surface area contributed by atoms with E-state index in [2.05, 4.69) is 51.2 Å². The van der Waals surface area contributed by atoms with E-state index in [1.54, 1.807) is 0 Å². The van der Waals surface area contributed by atoms with Crippen LogP contribution in [-0.4, -0.2) is 13.2 Å². The lowest BCUT2D eigenvalue weighted by atomic mass is 9.80. The molecule has 1 aromatic carbocycles. The molecule has 92 valence electrons. The van der Waals surface area contributed by atoms with Gasteiger partial charge in [-0.2, -0.15) is 0 Å². The third-order valence-electron chi connectivity index (χ3n) is 3.62. The second kappa shape index (κ2) is 6.36. The molecule has 0 amide bonds. The van der Waals surface area contributed by atoms with Crippen molar-refractivity contribution in [3.8, 4) is 0 Å². The fourth-order valence-corrected chi connectivity index (χ4v) is 3.30. The summed E-state index contributed by atoms with van der Waals surface area (Å²) >= 11 is 3.53. The van der Waals surface area contributed by atoms with E-state index < -0.39 is 0 Å². The van der Waals surface area contributed by atoms with E-state index >= 15 is 0 Å². The van der Waals surface area contributed by atoms with Crippen LogP contribution >= 0.6 is 15.9 Å². The lowest BCUT2D eigenvalue weighted by molar-refractivity contribution is 0.0605. The number of hydrogen-bond acceptors (Lipinski definition) is 1. The molecule has 0 saturated heterocycles. The minimum absolute atomic E-state index is 0.430. The number of ether oxygens (including phenoxy) is 1. The molecule has 0 radical (unpaired) electrons. The van der Waals surface area contributed by atoms with Gasteiger partial charge in [0.15, 0.2) is 0 Å². The summed E-state index contributed by atoms with van der Waals surface area (Å²) in [5.41, 5.74) is 2.73. The molecule has 2 heteroatoms. The number of allylic oxidation sites excluding steroid dienone is 1. The van der Waals surface area contributed by atoms with Crippen molar-refractivity contribution >= 4 is 21.5 Å². The topological polar surface area (TPSA) is 9.23 Å². The lowest BCUT2D eigenvalue weighted by Crippen LogP contribution is -2.22. The van der Waals surface area contributed by atoms with Crippen molar-refractivity contribution in [3.63, 3.8) is 0 Å². The molecular formula is C15H19BrO. The summed E-state index contributed by atoms with van der Waals surface area (Å²) < 4.78 is 5.51. The van der Waals surface area contributed by atoms with Gasteiger partial charge in [0.2, 0.25) is 0 Å². The van der Waals surface area contributed by atoms with Gasteiger partial charge in [0.05, 0.1) is 6.10 Å². The molecule has 17 heavy (non-hydrogen) atoms. The van der Waals surface area contributed by atoms with Crippen LogP contribution in [-0.2, 0) is 4.74 Å². The van der Waals surface area contributed by atoms with Gasteiger partial charge in [0.25, 0.3) is 0 Å². The monoisotopic (exact) mass is 294 g/mol. The highest BCUT2D eigenvalue weighted by Crippen LogP contribution is 2.36. The van der Waals surface area contributed by atoms with Crippen LogP contribution in [0, 0.1) is 5.92 Å². The largest absolute Gasteiger partial charge is 0.381 e. The molecule has 0 spiro atoms. The van der Waals surface area contributed by atoms with Crippen LogP contribution in [0.5, 0.6) is 0 Å². The second-order valence-electron chi connectivity index (χ2n) is 4.65. The van der Waals surface area contributed by atoms with E-state index in [0.717, 1.165) is 6.42 Å². The first-order valence-electron chi connectivity index (χ1n) is 6.23. The summed E-state index contributed by atoms with van der Waals surface area (Å²) in [7, 11) is 1.83. The van der Waals surface area contributed by atoms with E-state index in [1.165, 1.54) is 30.4 Å². The highest BCUT2D eigenvalue weighted by molar-refractivity contribution is 9.11. The van der Waals surface area contributed by atoms with Crippen LogP contribution in [0.15, 0.2) is 35.3 Å². The molecule has 0 aliphatic heterocycles. The van der Waals surface area contributed by atoms with E-state index in [0.29, 0.717) is 12.0 Å². The van der Waals surface area contributed by atoms with E-state index in [9.17, 15) is 0 Å². The summed E-state index contributed by atoms with van der Waals surface area (Å²) in [6.45, 7) is 0. The summed E-state index contributed by atoms with van der Waals surface area (Å²) in [6, 6.07) is 10.6. The van der Waals surface area contributed by atoms with Crippen molar-refractivity contribution in [1.82, 2.24) is 0 Å². The maximum atomic E-state index is 5.51. The van der Waals surface area contributed by atoms with Crippen molar-refractivity contribution in [3.05, 3.63) is 40.9 Å². The molecule has 1 nitrogen and oxygen atoms in total. The van der Waals surface area contributed by atoms with Gasteiger partial charge in [-0.3, -0.25) is 0 Å². The molecule has 1 aliphatic carbocycles. The third kappa shape index (κ3) is 3.20. The Morgan fingerprint density at radius 2 is 2.06 bits per heavy atom. The number of benzene rings is 1. The van der Waals surface area contributed by atoms with Crippen molar-refractivity contribution in [2.75, 3.05) is 7.11 Å². The van der Waals surface area contributed by atoms with Gasteiger partial charge < -0.3 is 4.74 Å². The molecule has 0 aromatic heterocycles. The lowest BCUT2D eigenvalue weighted by Gasteiger charge is -2.30. The first kappa shape index (κ1) is 12.8. The van der Waals surface area contributed by atoms with E-state index in [-0.39, 0.29) is 0 Å². The third-order valence-corrected chi connectivity index (χ3v) is 4.12. The molecule has 0 bridgehead atoms. The van der Waals surface area contributed by atoms with Gasteiger partial charge in [-0.1, -0.05) is 52.7 Å². The second-order valence-corrected chi connectivity index (χ2v) is 5.11. The Bertz CT molecular complexity index is 372. The highest BCUT2D eigenvalue weighted by Gasteiger charge is 2.24. The number of methoxy groups -OCH3 is 1. The fourth-order valence-electron chi connectivity index (χ4n) is 2.66. The first-order valence-corrected chi connectivity index (χ1v) is 7.15. The molecular weight excluding hydrogens is 276 g/mol. The molecule has 1 aromatic rings. The Morgan fingerprint density at radius 1 is 1.29 bits per heavy atom. The molecule has 0 unspecified atom stereocenters. The van der Waals surface area contributed by atoms with Gasteiger partial charge >= 0.3 is 0 Å². The highest BCUT2D eigenvalue weighted by atomic mass is 79.9. The molecule has 1 fully saturated rings. The quantitative estimate of drug-likeness (QED) is 0.790. The Hall–Kier alpha value is -0.600. The maximum absolute atomic E-state index is 5.51. The van der Waals surface area contributed by atoms with Crippen molar-refractivity contribution < 1.29 is 4.74 Å². The van der Waals surface area contributed by atoms with Gasteiger partial charge in [0.1, 0.15) is 0 Å². The van der Waals surface area contributed by atoms with Crippen LogP contribution in [0.1, 0.15) is 31.2 Å². The van der Waals surface area contributed by atoms with Crippen LogP contribution in [0.2, 0.25) is 0 Å². The molecule has 1 saturated carbocycles. The Kier molecular flexibility index (Phi) is 4.81.